The van der Waals surface area contributed by atoms with Crippen LogP contribution in [-0.2, 0) is 0 Å². The molecule has 0 atom stereocenters. The number of carboxylic acids is 4. The zero-order chi connectivity index (χ0) is 32.6. The van der Waals surface area contributed by atoms with Crippen molar-refractivity contribution in [3.8, 4) is 23.0 Å². The normalized spacial score (nSPS) is 10.3. The van der Waals surface area contributed by atoms with Crippen molar-refractivity contribution in [1.82, 2.24) is 0 Å². The van der Waals surface area contributed by atoms with E-state index in [1.165, 1.54) is 24.3 Å². The van der Waals surface area contributed by atoms with Gasteiger partial charge >= 0.3 is 71.1 Å². The number of rotatable bonds is 8. The van der Waals surface area contributed by atoms with Gasteiger partial charge in [0.25, 0.3) is 0 Å². The monoisotopic (exact) mass is 648 g/mol. The van der Waals surface area contributed by atoms with Crippen LogP contribution in [0.1, 0.15) is 41.4 Å². The van der Waals surface area contributed by atoms with E-state index >= 15 is 0 Å². The van der Waals surface area contributed by atoms with Crippen LogP contribution in [0.4, 0.5) is 22.7 Å². The Morgan fingerprint density at radius 2 is 0.652 bits per heavy atom. The summed E-state index contributed by atoms with van der Waals surface area (Å²) in [5.41, 5.74) is -0.989. The minimum Gasteiger partial charge on any atom is -0.545 e. The summed E-state index contributed by atoms with van der Waals surface area (Å²) in [4.78, 5) is 43.3. The molecule has 0 spiro atoms. The Morgan fingerprint density at radius 3 is 0.870 bits per heavy atom. The number of aromatic hydroxyl groups is 4. The first-order valence-corrected chi connectivity index (χ1v) is 11.8. The SMILES string of the molecule is O=C(O)c1cc(/N=N/c2ccc(O)c(C(=O)O)c2)ccc1O.O=C([O-])c1cc(/N=N/c2ccc(O)c(C(=O)[O-])c2)ccc1O.[Na+].[Na+]. The molecular weight excluding hydrogens is 630 g/mol. The maximum absolute atomic E-state index is 10.9. The van der Waals surface area contributed by atoms with Crippen LogP contribution < -0.4 is 69.3 Å². The van der Waals surface area contributed by atoms with E-state index < -0.39 is 58.0 Å². The van der Waals surface area contributed by atoms with Crippen molar-refractivity contribution in [1.29, 1.82) is 0 Å². The average Bonchev–Trinajstić information content (AvgIpc) is 2.97. The smallest absolute Gasteiger partial charge is 0.545 e. The molecular formula is C28H18N4Na2O12. The topological polar surface area (TPSA) is 285 Å². The first kappa shape index (κ1) is 39.2. The third-order valence-electron chi connectivity index (χ3n) is 5.38. The molecule has 4 aromatic carbocycles. The van der Waals surface area contributed by atoms with E-state index in [-0.39, 0.29) is 93.0 Å². The van der Waals surface area contributed by atoms with Crippen molar-refractivity contribution >= 4 is 46.6 Å². The van der Waals surface area contributed by atoms with E-state index in [2.05, 4.69) is 20.5 Å². The maximum Gasteiger partial charge on any atom is 1.00 e. The Hall–Kier alpha value is -4.84. The molecule has 18 heteroatoms. The number of nitrogens with zero attached hydrogens (tertiary/aromatic N) is 4. The summed E-state index contributed by atoms with van der Waals surface area (Å²) in [5, 5.41) is 91.6. The minimum atomic E-state index is -1.57. The van der Waals surface area contributed by atoms with Gasteiger partial charge in [-0.05, 0) is 72.8 Å². The van der Waals surface area contributed by atoms with Crippen LogP contribution in [-0.4, -0.2) is 54.5 Å². The summed E-state index contributed by atoms with van der Waals surface area (Å²) in [6.07, 6.45) is 0. The van der Waals surface area contributed by atoms with Gasteiger partial charge in [0, 0.05) is 11.1 Å². The van der Waals surface area contributed by atoms with E-state index in [4.69, 9.17) is 10.2 Å². The van der Waals surface area contributed by atoms with Crippen molar-refractivity contribution < 1.29 is 119 Å². The fourth-order valence-electron chi connectivity index (χ4n) is 3.25. The van der Waals surface area contributed by atoms with E-state index in [9.17, 15) is 49.8 Å². The molecule has 46 heavy (non-hydrogen) atoms. The van der Waals surface area contributed by atoms with Gasteiger partial charge in [0.05, 0.1) is 34.7 Å². The number of carbonyl (C=O) groups is 4. The molecule has 0 aliphatic heterocycles. The van der Waals surface area contributed by atoms with Crippen LogP contribution in [0.15, 0.2) is 93.3 Å². The summed E-state index contributed by atoms with van der Waals surface area (Å²) < 4.78 is 0. The summed E-state index contributed by atoms with van der Waals surface area (Å²) in [6.45, 7) is 0. The molecule has 0 amide bonds. The average molecular weight is 648 g/mol. The van der Waals surface area contributed by atoms with Crippen LogP contribution >= 0.6 is 0 Å². The second-order valence-electron chi connectivity index (χ2n) is 8.39. The predicted molar refractivity (Wildman–Crippen MR) is 143 cm³/mol. The fourth-order valence-corrected chi connectivity index (χ4v) is 3.25. The third kappa shape index (κ3) is 10.7. The molecule has 0 aromatic heterocycles. The van der Waals surface area contributed by atoms with Gasteiger partial charge in [-0.1, -0.05) is 0 Å². The van der Waals surface area contributed by atoms with E-state index in [0.717, 1.165) is 48.5 Å². The third-order valence-corrected chi connectivity index (χ3v) is 5.38. The number of benzene rings is 4. The van der Waals surface area contributed by atoms with Gasteiger partial charge in [0.15, 0.2) is 0 Å². The van der Waals surface area contributed by atoms with Crippen LogP contribution in [0.2, 0.25) is 0 Å². The van der Waals surface area contributed by atoms with Crippen molar-refractivity contribution in [2.45, 2.75) is 0 Å². The maximum atomic E-state index is 10.9. The van der Waals surface area contributed by atoms with Gasteiger partial charge < -0.3 is 50.4 Å². The first-order valence-electron chi connectivity index (χ1n) is 11.8. The Labute approximate surface area is 302 Å². The molecule has 6 N–H and O–H groups in total. The number of hydrogen-bond acceptors (Lipinski definition) is 14. The number of aromatic carboxylic acids is 4. The molecule has 0 unspecified atom stereocenters. The van der Waals surface area contributed by atoms with Crippen LogP contribution in [0.25, 0.3) is 0 Å². The molecule has 0 saturated carbocycles. The summed E-state index contributed by atoms with van der Waals surface area (Å²) in [6, 6.07) is 14.2. The fraction of sp³-hybridized carbons (Fsp3) is 0. The zero-order valence-electron chi connectivity index (χ0n) is 23.8. The standard InChI is InChI=1S/2C14H10N2O6.2Na/c2*17-11-3-1-7(5-9(11)13(19)20)15-16-8-2-4-12(18)10(6-8)14(21)22;;/h2*1-6,17-18H,(H,19,20)(H,21,22);;/q;;2*+1/p-2/b2*16-15+;;. The molecule has 16 nitrogen and oxygen atoms in total. The Morgan fingerprint density at radius 1 is 0.435 bits per heavy atom. The second-order valence-corrected chi connectivity index (χ2v) is 8.39. The van der Waals surface area contributed by atoms with Crippen molar-refractivity contribution in [3.05, 3.63) is 95.1 Å². The molecule has 0 bridgehead atoms. The quantitative estimate of drug-likeness (QED) is 0.0832. The van der Waals surface area contributed by atoms with Crippen LogP contribution in [0.5, 0.6) is 23.0 Å². The van der Waals surface area contributed by atoms with Crippen molar-refractivity contribution in [3.63, 3.8) is 0 Å². The predicted octanol–water partition coefficient (Wildman–Crippen LogP) is -2.84. The van der Waals surface area contributed by atoms with Crippen molar-refractivity contribution in [2.75, 3.05) is 0 Å². The summed E-state index contributed by atoms with van der Waals surface area (Å²) >= 11 is 0. The van der Waals surface area contributed by atoms with Crippen LogP contribution in [0.3, 0.4) is 0 Å². The zero-order valence-corrected chi connectivity index (χ0v) is 27.8. The van der Waals surface area contributed by atoms with Crippen molar-refractivity contribution in [2.24, 2.45) is 20.5 Å². The van der Waals surface area contributed by atoms with Gasteiger partial charge in [-0.3, -0.25) is 0 Å². The van der Waals surface area contributed by atoms with Gasteiger partial charge in [0.2, 0.25) is 0 Å². The number of phenols is 4. The Balaban J connectivity index is 0.000000441. The molecule has 0 aliphatic carbocycles. The van der Waals surface area contributed by atoms with Gasteiger partial charge in [-0.15, -0.1) is 0 Å². The Kier molecular flexibility index (Phi) is 15.0. The molecule has 0 heterocycles. The number of hydrogen-bond donors (Lipinski definition) is 6. The Bertz CT molecular complexity index is 1580. The number of carboxylic acid groups (broad SMARTS) is 4. The van der Waals surface area contributed by atoms with E-state index in [1.54, 1.807) is 0 Å². The van der Waals surface area contributed by atoms with E-state index in [0.29, 0.717) is 0 Å². The molecule has 4 aromatic rings. The number of carbonyl (C=O) groups excluding carboxylic acids is 2. The molecule has 224 valence electrons. The summed E-state index contributed by atoms with van der Waals surface area (Å²) in [5.74, 6) is -7.50. The first-order chi connectivity index (χ1) is 20.8. The summed E-state index contributed by atoms with van der Waals surface area (Å²) in [7, 11) is 0. The van der Waals surface area contributed by atoms with Crippen LogP contribution in [0, 0.1) is 0 Å². The largest absolute Gasteiger partial charge is 1.00 e. The minimum absolute atomic E-state index is 0. The van der Waals surface area contributed by atoms with Gasteiger partial charge in [0.1, 0.15) is 34.1 Å². The van der Waals surface area contributed by atoms with Gasteiger partial charge in [-0.2, -0.15) is 20.5 Å². The number of azo groups is 2. The second kappa shape index (κ2) is 17.6. The molecule has 0 fully saturated rings. The molecule has 0 saturated heterocycles. The molecule has 0 radical (unpaired) electrons. The molecule has 0 aliphatic rings. The van der Waals surface area contributed by atoms with E-state index in [1.807, 2.05) is 0 Å². The molecule has 4 rings (SSSR count). The van der Waals surface area contributed by atoms with Gasteiger partial charge in [-0.25, -0.2) is 9.59 Å².